The van der Waals surface area contributed by atoms with Gasteiger partial charge in [0.05, 0.1) is 0 Å². The smallest absolute Gasteiger partial charge is 0.225 e. The van der Waals surface area contributed by atoms with Gasteiger partial charge in [0.25, 0.3) is 0 Å². The van der Waals surface area contributed by atoms with Crippen LogP contribution in [0.4, 0.5) is 13.2 Å². The highest BCUT2D eigenvalue weighted by atomic mass is 32.2. The van der Waals surface area contributed by atoms with Gasteiger partial charge in [-0.2, -0.15) is 0 Å². The average molecular weight is 503 g/mol. The van der Waals surface area contributed by atoms with E-state index in [0.717, 1.165) is 32.5 Å². The zero-order chi connectivity index (χ0) is 25.7. The van der Waals surface area contributed by atoms with E-state index in [4.69, 9.17) is 4.74 Å². The van der Waals surface area contributed by atoms with E-state index in [1.54, 1.807) is 11.8 Å². The number of carbonyl (C=O) groups is 1. The van der Waals surface area contributed by atoms with Crippen LogP contribution < -0.4 is 4.74 Å². The molecule has 3 rings (SSSR count). The summed E-state index contributed by atoms with van der Waals surface area (Å²) in [5, 5.41) is 2.16. The molecule has 2 aliphatic rings. The lowest BCUT2D eigenvalue weighted by Gasteiger charge is -2.37. The van der Waals surface area contributed by atoms with Gasteiger partial charge in [0.1, 0.15) is 11.9 Å². The molecular formula is C26H41F3N2O2S. The number of nitrogens with zero attached hydrogens (tertiary/aromatic N) is 2. The molecular weight excluding hydrogens is 461 g/mol. The topological polar surface area (TPSA) is 32.8 Å². The first-order valence-corrected chi connectivity index (χ1v) is 13.7. The molecule has 1 amide bonds. The minimum atomic E-state index is -1.04. The summed E-state index contributed by atoms with van der Waals surface area (Å²) in [4.78, 5) is 17.1. The molecule has 0 atom stereocenters. The van der Waals surface area contributed by atoms with Crippen molar-refractivity contribution in [2.75, 3.05) is 39.0 Å². The number of halogens is 3. The van der Waals surface area contributed by atoms with E-state index in [2.05, 4.69) is 23.5 Å². The van der Waals surface area contributed by atoms with Crippen LogP contribution in [0.15, 0.2) is 23.1 Å². The number of likely N-dealkylation sites (tertiary alicyclic amines) is 2. The summed E-state index contributed by atoms with van der Waals surface area (Å²) in [5.74, 6) is -3.39. The molecule has 2 aliphatic heterocycles. The molecule has 8 heteroatoms. The summed E-state index contributed by atoms with van der Waals surface area (Å²) in [6, 6.07) is 1.23. The quantitative estimate of drug-likeness (QED) is 0.444. The molecule has 1 aromatic rings. The van der Waals surface area contributed by atoms with Gasteiger partial charge in [0, 0.05) is 50.5 Å². The maximum absolute atomic E-state index is 13.8. The highest BCUT2D eigenvalue weighted by Gasteiger charge is 2.32. The Balaban J connectivity index is 0.00000137. The third-order valence-corrected chi connectivity index (χ3v) is 6.37. The van der Waals surface area contributed by atoms with Crippen molar-refractivity contribution in [2.45, 2.75) is 66.4 Å². The number of hydrogen-bond acceptors (Lipinski definition) is 4. The number of piperidine rings is 2. The van der Waals surface area contributed by atoms with Crippen LogP contribution in [0, 0.1) is 23.4 Å². The van der Waals surface area contributed by atoms with Gasteiger partial charge < -0.3 is 9.64 Å². The fourth-order valence-electron chi connectivity index (χ4n) is 4.19. The highest BCUT2D eigenvalue weighted by molar-refractivity contribution is 8.01. The van der Waals surface area contributed by atoms with E-state index < -0.39 is 29.3 Å². The van der Waals surface area contributed by atoms with Crippen LogP contribution >= 0.6 is 11.8 Å². The summed E-state index contributed by atoms with van der Waals surface area (Å²) in [6.07, 6.45) is 4.37. The summed E-state index contributed by atoms with van der Waals surface area (Å²) in [6.45, 7) is 13.9. The Morgan fingerprint density at radius 3 is 2.03 bits per heavy atom. The predicted octanol–water partition coefficient (Wildman–Crippen LogP) is 6.50. The number of rotatable bonds is 6. The zero-order valence-corrected chi connectivity index (χ0v) is 22.3. The van der Waals surface area contributed by atoms with Gasteiger partial charge in [-0.1, -0.05) is 33.3 Å². The molecule has 1 aromatic carbocycles. The number of carbonyl (C=O) groups excluding carboxylic acids is 1. The number of thioether (sulfide) groups is 1. The summed E-state index contributed by atoms with van der Waals surface area (Å²) < 4.78 is 46.1. The number of benzene rings is 1. The van der Waals surface area contributed by atoms with E-state index in [9.17, 15) is 18.0 Å². The van der Waals surface area contributed by atoms with E-state index in [1.165, 1.54) is 5.57 Å². The summed E-state index contributed by atoms with van der Waals surface area (Å²) in [5.41, 5.74) is 1.34. The Morgan fingerprint density at radius 2 is 1.53 bits per heavy atom. The van der Waals surface area contributed by atoms with Gasteiger partial charge >= 0.3 is 0 Å². The van der Waals surface area contributed by atoms with Gasteiger partial charge in [0.15, 0.2) is 17.4 Å². The molecule has 2 fully saturated rings. The lowest BCUT2D eigenvalue weighted by molar-refractivity contribution is -0.138. The van der Waals surface area contributed by atoms with Gasteiger partial charge in [-0.25, -0.2) is 13.2 Å². The first-order valence-electron chi connectivity index (χ1n) is 12.4. The molecule has 0 spiro atoms. The van der Waals surface area contributed by atoms with E-state index >= 15 is 0 Å². The van der Waals surface area contributed by atoms with Crippen molar-refractivity contribution < 1.29 is 22.7 Å². The molecule has 2 saturated heterocycles. The van der Waals surface area contributed by atoms with Crippen molar-refractivity contribution in [1.82, 2.24) is 9.80 Å². The van der Waals surface area contributed by atoms with Gasteiger partial charge in [-0.05, 0) is 44.5 Å². The second-order valence-electron chi connectivity index (χ2n) is 8.09. The number of ether oxygens (including phenoxy) is 1. The van der Waals surface area contributed by atoms with Gasteiger partial charge in [-0.15, -0.1) is 11.8 Å². The second-order valence-corrected chi connectivity index (χ2v) is 8.80. The maximum Gasteiger partial charge on any atom is 0.225 e. The molecule has 194 valence electrons. The fourth-order valence-corrected chi connectivity index (χ4v) is 4.67. The van der Waals surface area contributed by atoms with Gasteiger partial charge in [0.2, 0.25) is 5.91 Å². The second kappa shape index (κ2) is 16.1. The van der Waals surface area contributed by atoms with Crippen molar-refractivity contribution in [1.29, 1.82) is 0 Å². The molecule has 0 unspecified atom stereocenters. The fraction of sp³-hybridized carbons (Fsp3) is 0.654. The number of hydrogen-bond donors (Lipinski definition) is 0. The molecule has 34 heavy (non-hydrogen) atoms. The lowest BCUT2D eigenvalue weighted by atomic mass is 9.94. The van der Waals surface area contributed by atoms with Crippen LogP contribution in [0.25, 0.3) is 0 Å². The first kappa shape index (κ1) is 30.4. The molecule has 2 heterocycles. The largest absolute Gasteiger partial charge is 0.484 e. The average Bonchev–Trinajstić information content (AvgIpc) is 2.84. The Hall–Kier alpha value is -1.67. The van der Waals surface area contributed by atoms with E-state index in [0.29, 0.717) is 38.1 Å². The van der Waals surface area contributed by atoms with Crippen LogP contribution in [0.2, 0.25) is 0 Å². The Morgan fingerprint density at radius 1 is 1.00 bits per heavy atom. The normalized spacial score (nSPS) is 17.9. The lowest BCUT2D eigenvalue weighted by Crippen LogP contribution is -2.47. The zero-order valence-electron chi connectivity index (χ0n) is 21.5. The van der Waals surface area contributed by atoms with Crippen LogP contribution in [0.3, 0.4) is 0 Å². The molecule has 4 nitrogen and oxygen atoms in total. The Labute approximate surface area is 207 Å². The summed E-state index contributed by atoms with van der Waals surface area (Å²) in [7, 11) is 0. The van der Waals surface area contributed by atoms with Crippen LogP contribution in [0.5, 0.6) is 5.75 Å². The summed E-state index contributed by atoms with van der Waals surface area (Å²) >= 11 is 1.71. The van der Waals surface area contributed by atoms with Crippen molar-refractivity contribution >= 4 is 17.7 Å². The third-order valence-electron chi connectivity index (χ3n) is 5.73. The monoisotopic (exact) mass is 502 g/mol. The van der Waals surface area contributed by atoms with Gasteiger partial charge in [-0.3, -0.25) is 9.69 Å². The molecule has 0 N–H and O–H groups in total. The van der Waals surface area contributed by atoms with Crippen LogP contribution in [-0.4, -0.2) is 60.8 Å². The highest BCUT2D eigenvalue weighted by Crippen LogP contribution is 2.28. The van der Waals surface area contributed by atoms with Crippen molar-refractivity contribution in [3.05, 3.63) is 40.6 Å². The molecule has 0 aromatic heterocycles. The standard InChI is InChI=1S/C22H29F3N2O2S.2C2H6/c1-15(14-30-2)13-26-7-3-16(4-8-26)22(28)27-9-5-18(6-10-27)29-21-19(24)11-17(23)12-20(21)25;2*1-2/h11-12,14,16,18H,3-10,13H2,1-2H3;2*1-2H3/b15-14+;;. The molecule has 0 saturated carbocycles. The Bertz CT molecular complexity index is 752. The minimum absolute atomic E-state index is 0.0375. The molecule has 0 radical (unpaired) electrons. The van der Waals surface area contributed by atoms with Crippen LogP contribution in [-0.2, 0) is 4.79 Å². The van der Waals surface area contributed by atoms with E-state index in [1.807, 2.05) is 32.6 Å². The van der Waals surface area contributed by atoms with Crippen LogP contribution in [0.1, 0.15) is 60.3 Å². The number of amides is 1. The van der Waals surface area contributed by atoms with Crippen molar-refractivity contribution in [3.8, 4) is 5.75 Å². The van der Waals surface area contributed by atoms with Crippen molar-refractivity contribution in [3.63, 3.8) is 0 Å². The molecule has 0 bridgehead atoms. The SMILES string of the molecule is CC.CC.CS/C=C(\C)CN1CCC(C(=O)N2CCC(Oc3c(F)cc(F)cc3F)CC2)CC1. The molecule has 0 aliphatic carbocycles. The predicted molar refractivity (Wildman–Crippen MR) is 136 cm³/mol. The maximum atomic E-state index is 13.8. The first-order chi connectivity index (χ1) is 16.4. The third kappa shape index (κ3) is 9.17. The van der Waals surface area contributed by atoms with E-state index in [-0.39, 0.29) is 11.8 Å². The van der Waals surface area contributed by atoms with Crippen molar-refractivity contribution in [2.24, 2.45) is 5.92 Å². The minimum Gasteiger partial charge on any atom is -0.484 e. The Kier molecular flexibility index (Phi) is 14.4.